The van der Waals surface area contributed by atoms with Gasteiger partial charge < -0.3 is 9.55 Å². The maximum Gasteiger partial charge on any atom is 0.178 e. The molecule has 1 fully saturated rings. The number of fused-ring (bicyclic) bond motifs is 1. The van der Waals surface area contributed by atoms with Crippen LogP contribution < -0.4 is 0 Å². The molecule has 3 nitrogen and oxygen atoms in total. The van der Waals surface area contributed by atoms with Gasteiger partial charge in [-0.25, -0.2) is 0 Å². The number of H-pyrrole nitrogens is 1. The second-order valence-electron chi connectivity index (χ2n) is 4.58. The molecular formula is C13H13N3S. The molecule has 0 atom stereocenters. The molecule has 1 heterocycles. The third kappa shape index (κ3) is 1.67. The molecule has 1 N–H and O–H groups in total. The maximum atomic E-state index is 8.96. The fourth-order valence-corrected chi connectivity index (χ4v) is 3.07. The van der Waals surface area contributed by atoms with Crippen LogP contribution in [0.4, 0.5) is 0 Å². The average Bonchev–Trinajstić information content (AvgIpc) is 2.93. The smallest absolute Gasteiger partial charge is 0.178 e. The van der Waals surface area contributed by atoms with E-state index in [9.17, 15) is 0 Å². The van der Waals surface area contributed by atoms with Crippen molar-refractivity contribution in [3.8, 4) is 6.07 Å². The Balaban J connectivity index is 2.25. The van der Waals surface area contributed by atoms with Crippen LogP contribution in [0.25, 0.3) is 11.0 Å². The fourth-order valence-electron chi connectivity index (χ4n) is 2.72. The molecule has 0 unspecified atom stereocenters. The summed E-state index contributed by atoms with van der Waals surface area (Å²) in [6, 6.07) is 8.39. The molecule has 1 aromatic heterocycles. The molecule has 86 valence electrons. The van der Waals surface area contributed by atoms with Crippen LogP contribution in [0.5, 0.6) is 0 Å². The Bertz CT molecular complexity index is 653. The lowest BCUT2D eigenvalue weighted by Gasteiger charge is -2.12. The summed E-state index contributed by atoms with van der Waals surface area (Å²) < 4.78 is 2.97. The molecule has 1 aliphatic carbocycles. The van der Waals surface area contributed by atoms with Crippen LogP contribution in [0.15, 0.2) is 18.2 Å². The summed E-state index contributed by atoms with van der Waals surface area (Å²) in [6.45, 7) is 0. The average molecular weight is 243 g/mol. The van der Waals surface area contributed by atoms with E-state index in [4.69, 9.17) is 17.5 Å². The van der Waals surface area contributed by atoms with E-state index in [0.717, 1.165) is 15.8 Å². The van der Waals surface area contributed by atoms with Gasteiger partial charge in [-0.3, -0.25) is 0 Å². The Morgan fingerprint density at radius 3 is 2.82 bits per heavy atom. The largest absolute Gasteiger partial charge is 0.331 e. The van der Waals surface area contributed by atoms with Gasteiger partial charge in [0, 0.05) is 6.04 Å². The van der Waals surface area contributed by atoms with Gasteiger partial charge in [-0.2, -0.15) is 5.26 Å². The number of rotatable bonds is 1. The first-order chi connectivity index (χ1) is 8.29. The maximum absolute atomic E-state index is 8.96. The van der Waals surface area contributed by atoms with Crippen LogP contribution in [0.2, 0.25) is 0 Å². The molecule has 0 spiro atoms. The lowest BCUT2D eigenvalue weighted by Crippen LogP contribution is -2.04. The van der Waals surface area contributed by atoms with E-state index in [2.05, 4.69) is 15.6 Å². The number of aromatic amines is 1. The van der Waals surface area contributed by atoms with Gasteiger partial charge in [-0.15, -0.1) is 0 Å². The van der Waals surface area contributed by atoms with E-state index < -0.39 is 0 Å². The van der Waals surface area contributed by atoms with E-state index >= 15 is 0 Å². The first-order valence-electron chi connectivity index (χ1n) is 5.94. The molecule has 0 bridgehead atoms. The second kappa shape index (κ2) is 4.01. The number of aromatic nitrogens is 2. The van der Waals surface area contributed by atoms with Gasteiger partial charge in [0.15, 0.2) is 4.77 Å². The molecule has 2 aromatic rings. The highest BCUT2D eigenvalue weighted by atomic mass is 32.1. The first kappa shape index (κ1) is 10.5. The fraction of sp³-hybridized carbons (Fsp3) is 0.385. The normalized spacial score (nSPS) is 16.4. The lowest BCUT2D eigenvalue weighted by molar-refractivity contribution is 0.526. The van der Waals surface area contributed by atoms with Gasteiger partial charge in [-0.1, -0.05) is 12.8 Å². The number of hydrogen-bond donors (Lipinski definition) is 1. The molecule has 4 heteroatoms. The molecule has 1 aromatic carbocycles. The summed E-state index contributed by atoms with van der Waals surface area (Å²) in [4.78, 5) is 3.22. The predicted octanol–water partition coefficient (Wildman–Crippen LogP) is 3.69. The lowest BCUT2D eigenvalue weighted by atomic mass is 10.2. The zero-order valence-corrected chi connectivity index (χ0v) is 10.3. The number of benzene rings is 1. The standard InChI is InChI=1S/C13H13N3S/c14-8-9-5-6-11-12(7-9)16(13(17)15-11)10-3-1-2-4-10/h5-7,10H,1-4H2,(H,15,17). The molecule has 17 heavy (non-hydrogen) atoms. The van der Waals surface area contributed by atoms with Gasteiger partial charge in [0.05, 0.1) is 22.7 Å². The number of nitrogens with zero attached hydrogens (tertiary/aromatic N) is 2. The van der Waals surface area contributed by atoms with Gasteiger partial charge in [0.1, 0.15) is 0 Å². The molecular weight excluding hydrogens is 230 g/mol. The SMILES string of the molecule is N#Cc1ccc2[nH]c(=S)n(C3CCCC3)c2c1. The predicted molar refractivity (Wildman–Crippen MR) is 69.3 cm³/mol. The van der Waals surface area contributed by atoms with Gasteiger partial charge in [-0.05, 0) is 43.3 Å². The Hall–Kier alpha value is -1.60. The summed E-state index contributed by atoms with van der Waals surface area (Å²) in [5, 5.41) is 8.96. The van der Waals surface area contributed by atoms with Crippen molar-refractivity contribution in [1.29, 1.82) is 5.26 Å². The molecule has 0 saturated heterocycles. The Kier molecular flexibility index (Phi) is 2.49. The van der Waals surface area contributed by atoms with E-state index in [-0.39, 0.29) is 0 Å². The third-order valence-electron chi connectivity index (χ3n) is 3.54. The first-order valence-corrected chi connectivity index (χ1v) is 6.35. The van der Waals surface area contributed by atoms with Crippen molar-refractivity contribution in [2.75, 3.05) is 0 Å². The van der Waals surface area contributed by atoms with Crippen molar-refractivity contribution in [2.24, 2.45) is 0 Å². The minimum atomic E-state index is 0.505. The summed E-state index contributed by atoms with van der Waals surface area (Å²) in [5.41, 5.74) is 2.79. The minimum Gasteiger partial charge on any atom is -0.331 e. The van der Waals surface area contributed by atoms with Crippen LogP contribution in [-0.2, 0) is 0 Å². The molecule has 1 aliphatic rings. The van der Waals surface area contributed by atoms with E-state index in [1.165, 1.54) is 25.7 Å². The van der Waals surface area contributed by atoms with E-state index in [1.54, 1.807) is 0 Å². The minimum absolute atomic E-state index is 0.505. The summed E-state index contributed by atoms with van der Waals surface area (Å²) in [6.07, 6.45) is 4.93. The van der Waals surface area contributed by atoms with Gasteiger partial charge in [0.2, 0.25) is 0 Å². The van der Waals surface area contributed by atoms with Crippen LogP contribution in [0.3, 0.4) is 0 Å². The molecule has 1 saturated carbocycles. The second-order valence-corrected chi connectivity index (χ2v) is 4.97. The number of imidazole rings is 1. The van der Waals surface area contributed by atoms with Crippen molar-refractivity contribution >= 4 is 23.3 Å². The number of nitriles is 1. The number of nitrogens with one attached hydrogen (secondary N) is 1. The molecule has 0 amide bonds. The summed E-state index contributed by atoms with van der Waals surface area (Å²) >= 11 is 5.39. The van der Waals surface area contributed by atoms with Crippen molar-refractivity contribution in [1.82, 2.24) is 9.55 Å². The third-order valence-corrected chi connectivity index (χ3v) is 3.84. The highest BCUT2D eigenvalue weighted by molar-refractivity contribution is 7.71. The summed E-state index contributed by atoms with van der Waals surface area (Å²) in [5.74, 6) is 0. The summed E-state index contributed by atoms with van der Waals surface area (Å²) in [7, 11) is 0. The van der Waals surface area contributed by atoms with Crippen molar-refractivity contribution < 1.29 is 0 Å². The van der Waals surface area contributed by atoms with Gasteiger partial charge in [0.25, 0.3) is 0 Å². The van der Waals surface area contributed by atoms with Gasteiger partial charge >= 0.3 is 0 Å². The molecule has 3 rings (SSSR count). The molecule has 0 aliphatic heterocycles. The molecule has 0 radical (unpaired) electrons. The van der Waals surface area contributed by atoms with Crippen LogP contribution in [-0.4, -0.2) is 9.55 Å². The Morgan fingerprint density at radius 1 is 1.35 bits per heavy atom. The Labute approximate surface area is 105 Å². The van der Waals surface area contributed by atoms with Crippen LogP contribution >= 0.6 is 12.2 Å². The van der Waals surface area contributed by atoms with Crippen LogP contribution in [0.1, 0.15) is 37.3 Å². The monoisotopic (exact) mass is 243 g/mol. The van der Waals surface area contributed by atoms with Crippen molar-refractivity contribution in [3.05, 3.63) is 28.5 Å². The highest BCUT2D eigenvalue weighted by Crippen LogP contribution is 2.32. The van der Waals surface area contributed by atoms with Crippen molar-refractivity contribution in [3.63, 3.8) is 0 Å². The number of hydrogen-bond acceptors (Lipinski definition) is 2. The zero-order chi connectivity index (χ0) is 11.8. The van der Waals surface area contributed by atoms with E-state index in [0.29, 0.717) is 11.6 Å². The van der Waals surface area contributed by atoms with Crippen molar-refractivity contribution in [2.45, 2.75) is 31.7 Å². The zero-order valence-electron chi connectivity index (χ0n) is 9.44. The van der Waals surface area contributed by atoms with Crippen LogP contribution in [0, 0.1) is 16.1 Å². The highest BCUT2D eigenvalue weighted by Gasteiger charge is 2.19. The van der Waals surface area contributed by atoms with E-state index in [1.807, 2.05) is 18.2 Å². The Morgan fingerprint density at radius 2 is 2.12 bits per heavy atom. The quantitative estimate of drug-likeness (QED) is 0.776. The topological polar surface area (TPSA) is 44.5 Å².